The average molecular weight is 400 g/mol. The van der Waals surface area contributed by atoms with E-state index in [0.717, 1.165) is 11.1 Å². The van der Waals surface area contributed by atoms with Gasteiger partial charge in [-0.3, -0.25) is 4.79 Å². The molecule has 0 bridgehead atoms. The highest BCUT2D eigenvalue weighted by Gasteiger charge is 2.19. The molecule has 8 nitrogen and oxygen atoms in total. The van der Waals surface area contributed by atoms with Crippen molar-refractivity contribution in [2.45, 2.75) is 13.3 Å². The van der Waals surface area contributed by atoms with E-state index in [1.807, 2.05) is 6.07 Å². The zero-order chi connectivity index (χ0) is 21.0. The topological polar surface area (TPSA) is 91.9 Å². The zero-order valence-corrected chi connectivity index (χ0v) is 17.1. The van der Waals surface area contributed by atoms with Crippen molar-refractivity contribution in [3.63, 3.8) is 0 Å². The van der Waals surface area contributed by atoms with Crippen LogP contribution in [0.3, 0.4) is 0 Å². The SMILES string of the molecule is CCOC(=O)Cc1c(OC)ccc2[nH]c(-c3cc(OC)c(OC)c(OC)c3)nc12. The fraction of sp³-hybridized carbons (Fsp3) is 0.333. The number of esters is 1. The van der Waals surface area contributed by atoms with Gasteiger partial charge in [0.15, 0.2) is 11.5 Å². The van der Waals surface area contributed by atoms with Crippen LogP contribution in [-0.4, -0.2) is 51.0 Å². The number of imidazole rings is 1. The summed E-state index contributed by atoms with van der Waals surface area (Å²) < 4.78 is 26.8. The highest BCUT2D eigenvalue weighted by molar-refractivity contribution is 5.88. The van der Waals surface area contributed by atoms with Crippen LogP contribution >= 0.6 is 0 Å². The van der Waals surface area contributed by atoms with Crippen LogP contribution in [0.25, 0.3) is 22.4 Å². The number of benzene rings is 2. The first-order chi connectivity index (χ1) is 14.1. The number of methoxy groups -OCH3 is 4. The Morgan fingerprint density at radius 1 is 0.966 bits per heavy atom. The lowest BCUT2D eigenvalue weighted by Crippen LogP contribution is -2.09. The lowest BCUT2D eigenvalue weighted by atomic mass is 10.1. The Morgan fingerprint density at radius 2 is 1.62 bits per heavy atom. The average Bonchev–Trinajstić information content (AvgIpc) is 3.17. The first kappa shape index (κ1) is 20.3. The minimum Gasteiger partial charge on any atom is -0.496 e. The Balaban J connectivity index is 2.14. The molecule has 0 saturated heterocycles. The molecule has 0 aliphatic rings. The van der Waals surface area contributed by atoms with Gasteiger partial charge in [0.25, 0.3) is 0 Å². The summed E-state index contributed by atoms with van der Waals surface area (Å²) in [6.45, 7) is 2.08. The molecule has 154 valence electrons. The summed E-state index contributed by atoms with van der Waals surface area (Å²) in [4.78, 5) is 20.1. The van der Waals surface area contributed by atoms with Crippen LogP contribution in [0.5, 0.6) is 23.0 Å². The van der Waals surface area contributed by atoms with E-state index in [9.17, 15) is 4.79 Å². The van der Waals surface area contributed by atoms with Gasteiger partial charge in [-0.2, -0.15) is 0 Å². The highest BCUT2D eigenvalue weighted by atomic mass is 16.5. The van der Waals surface area contributed by atoms with E-state index in [2.05, 4.69) is 4.98 Å². The van der Waals surface area contributed by atoms with Crippen LogP contribution in [-0.2, 0) is 16.0 Å². The minimum absolute atomic E-state index is 0.0634. The van der Waals surface area contributed by atoms with E-state index in [1.54, 1.807) is 53.6 Å². The van der Waals surface area contributed by atoms with Crippen LogP contribution in [0, 0.1) is 0 Å². The predicted octanol–water partition coefficient (Wildman–Crippen LogP) is 3.37. The Labute approximate surface area is 168 Å². The van der Waals surface area contributed by atoms with E-state index in [1.165, 1.54) is 0 Å². The monoisotopic (exact) mass is 400 g/mol. The molecule has 0 unspecified atom stereocenters. The number of H-pyrrole nitrogens is 1. The molecule has 8 heteroatoms. The third-order valence-corrected chi connectivity index (χ3v) is 4.50. The quantitative estimate of drug-likeness (QED) is 0.580. The van der Waals surface area contributed by atoms with Gasteiger partial charge in [-0.05, 0) is 31.2 Å². The first-order valence-corrected chi connectivity index (χ1v) is 9.07. The Morgan fingerprint density at radius 3 is 2.17 bits per heavy atom. The van der Waals surface area contributed by atoms with Gasteiger partial charge in [-0.1, -0.05) is 0 Å². The van der Waals surface area contributed by atoms with Crippen molar-refractivity contribution in [1.29, 1.82) is 0 Å². The maximum Gasteiger partial charge on any atom is 0.310 e. The van der Waals surface area contributed by atoms with Gasteiger partial charge in [0, 0.05) is 11.1 Å². The fourth-order valence-electron chi connectivity index (χ4n) is 3.19. The first-order valence-electron chi connectivity index (χ1n) is 9.07. The van der Waals surface area contributed by atoms with Crippen molar-refractivity contribution in [3.05, 3.63) is 29.8 Å². The van der Waals surface area contributed by atoms with E-state index in [-0.39, 0.29) is 12.4 Å². The third-order valence-electron chi connectivity index (χ3n) is 4.50. The number of rotatable bonds is 8. The summed E-state index contributed by atoms with van der Waals surface area (Å²) in [5.41, 5.74) is 2.82. The molecule has 0 radical (unpaired) electrons. The van der Waals surface area contributed by atoms with Gasteiger partial charge in [0.2, 0.25) is 5.75 Å². The van der Waals surface area contributed by atoms with Crippen LogP contribution in [0.4, 0.5) is 0 Å². The third kappa shape index (κ3) is 3.91. The van der Waals surface area contributed by atoms with Gasteiger partial charge in [0.05, 0.1) is 52.5 Å². The smallest absolute Gasteiger partial charge is 0.310 e. The van der Waals surface area contributed by atoms with Crippen molar-refractivity contribution < 1.29 is 28.5 Å². The molecule has 0 aliphatic heterocycles. The maximum atomic E-state index is 12.1. The number of aromatic amines is 1. The van der Waals surface area contributed by atoms with E-state index < -0.39 is 0 Å². The molecule has 3 aromatic rings. The van der Waals surface area contributed by atoms with Crippen LogP contribution < -0.4 is 18.9 Å². The number of ether oxygens (including phenoxy) is 5. The van der Waals surface area contributed by atoms with Gasteiger partial charge in [0.1, 0.15) is 11.6 Å². The Kier molecular flexibility index (Phi) is 6.11. The number of nitrogens with one attached hydrogen (secondary N) is 1. The Bertz CT molecular complexity index is 1000. The second kappa shape index (κ2) is 8.72. The highest BCUT2D eigenvalue weighted by Crippen LogP contribution is 2.41. The number of fused-ring (bicyclic) bond motifs is 1. The molecule has 1 aromatic heterocycles. The summed E-state index contributed by atoms with van der Waals surface area (Å²) in [5.74, 6) is 2.37. The number of hydrogen-bond donors (Lipinski definition) is 1. The largest absolute Gasteiger partial charge is 0.496 e. The van der Waals surface area contributed by atoms with Gasteiger partial charge < -0.3 is 28.7 Å². The molecule has 0 amide bonds. The fourth-order valence-corrected chi connectivity index (χ4v) is 3.19. The summed E-state index contributed by atoms with van der Waals surface area (Å²) in [6.07, 6.45) is 0.0634. The van der Waals surface area contributed by atoms with Crippen molar-refractivity contribution >= 4 is 17.0 Å². The molecule has 0 spiro atoms. The van der Waals surface area contributed by atoms with Crippen LogP contribution in [0.2, 0.25) is 0 Å². The van der Waals surface area contributed by atoms with Crippen molar-refractivity contribution in [1.82, 2.24) is 9.97 Å². The van der Waals surface area contributed by atoms with Crippen molar-refractivity contribution in [2.75, 3.05) is 35.0 Å². The summed E-state index contributed by atoms with van der Waals surface area (Å²) >= 11 is 0. The molecule has 1 N–H and O–H groups in total. The second-order valence-electron chi connectivity index (χ2n) is 6.12. The van der Waals surface area contributed by atoms with Gasteiger partial charge in [-0.25, -0.2) is 4.98 Å². The molecule has 1 heterocycles. The molecule has 0 atom stereocenters. The normalized spacial score (nSPS) is 10.7. The van der Waals surface area contributed by atoms with Crippen molar-refractivity contribution in [3.8, 4) is 34.4 Å². The molecule has 0 fully saturated rings. The molecule has 3 rings (SSSR count). The number of nitrogens with zero attached hydrogens (tertiary/aromatic N) is 1. The summed E-state index contributed by atoms with van der Waals surface area (Å²) in [7, 11) is 6.22. The number of carbonyl (C=O) groups excluding carboxylic acids is 1. The lowest BCUT2D eigenvalue weighted by molar-refractivity contribution is -0.142. The van der Waals surface area contributed by atoms with Gasteiger partial charge >= 0.3 is 5.97 Å². The molecule has 0 saturated carbocycles. The number of aromatic nitrogens is 2. The maximum absolute atomic E-state index is 12.1. The molecular weight excluding hydrogens is 376 g/mol. The second-order valence-corrected chi connectivity index (χ2v) is 6.12. The lowest BCUT2D eigenvalue weighted by Gasteiger charge is -2.13. The van der Waals surface area contributed by atoms with Crippen LogP contribution in [0.15, 0.2) is 24.3 Å². The van der Waals surface area contributed by atoms with E-state index in [4.69, 9.17) is 28.7 Å². The summed E-state index contributed by atoms with van der Waals surface area (Å²) in [6, 6.07) is 7.27. The summed E-state index contributed by atoms with van der Waals surface area (Å²) in [5, 5.41) is 0. The zero-order valence-electron chi connectivity index (χ0n) is 17.1. The van der Waals surface area contributed by atoms with Crippen LogP contribution in [0.1, 0.15) is 12.5 Å². The standard InChI is InChI=1S/C21H24N2O6/c1-6-29-18(24)11-13-15(25-2)8-7-14-19(13)23-21(22-14)12-9-16(26-3)20(28-5)17(10-12)27-4/h7-10H,6,11H2,1-5H3,(H,22,23). The number of carbonyl (C=O) groups is 1. The number of hydrogen-bond acceptors (Lipinski definition) is 7. The van der Waals surface area contributed by atoms with Crippen molar-refractivity contribution in [2.24, 2.45) is 0 Å². The molecule has 0 aliphatic carbocycles. The molecule has 2 aromatic carbocycles. The van der Waals surface area contributed by atoms with E-state index >= 15 is 0 Å². The molecule has 29 heavy (non-hydrogen) atoms. The van der Waals surface area contributed by atoms with E-state index in [0.29, 0.717) is 46.5 Å². The van der Waals surface area contributed by atoms with Gasteiger partial charge in [-0.15, -0.1) is 0 Å². The minimum atomic E-state index is -0.337. The molecular formula is C21H24N2O6. The predicted molar refractivity (Wildman–Crippen MR) is 108 cm³/mol. The Hall–Kier alpha value is -3.42.